The minimum Gasteiger partial charge on any atom is -0.458 e. The molecule has 0 aliphatic carbocycles. The number of carbonyl (C=O) groups is 2. The fourth-order valence-electron chi connectivity index (χ4n) is 6.58. The third-order valence-electron chi connectivity index (χ3n) is 7.92. The Labute approximate surface area is 188 Å². The number of quaternary nitrogens is 1. The zero-order valence-corrected chi connectivity index (χ0v) is 18.2. The summed E-state index contributed by atoms with van der Waals surface area (Å²) in [6.07, 6.45) is 4.90. The molecule has 2 aromatic carbocycles. The first-order chi connectivity index (χ1) is 15.5. The number of ether oxygens (including phenoxy) is 2. The molecule has 1 N–H and O–H groups in total. The molecule has 0 saturated carbocycles. The number of carbonyl (C=O) groups excluding carboxylic acids is 1. The number of hydrogen-bond acceptors (Lipinski definition) is 4. The van der Waals surface area contributed by atoms with Gasteiger partial charge in [-0.15, -0.1) is 0 Å². The van der Waals surface area contributed by atoms with E-state index in [0.717, 1.165) is 12.8 Å². The topological polar surface area (TPSA) is 72.8 Å². The maximum absolute atomic E-state index is 13.8. The number of hydrogen-bond donors (Lipinski definition) is 1. The lowest BCUT2D eigenvalue weighted by Gasteiger charge is -2.47. The van der Waals surface area contributed by atoms with Gasteiger partial charge in [0.1, 0.15) is 6.10 Å². The molecule has 168 valence electrons. The highest BCUT2D eigenvalue weighted by atomic mass is 16.7. The van der Waals surface area contributed by atoms with E-state index in [0.29, 0.717) is 23.2 Å². The van der Waals surface area contributed by atoms with Gasteiger partial charge in [0.2, 0.25) is 0 Å². The molecule has 0 radical (unpaired) electrons. The van der Waals surface area contributed by atoms with Crippen LogP contribution in [0.2, 0.25) is 0 Å². The summed E-state index contributed by atoms with van der Waals surface area (Å²) in [4.78, 5) is 25.6. The zero-order chi connectivity index (χ0) is 22.2. The van der Waals surface area contributed by atoms with Crippen molar-refractivity contribution in [3.8, 4) is 0 Å². The molecule has 3 heterocycles. The number of piperidine rings is 1. The van der Waals surface area contributed by atoms with Gasteiger partial charge in [0.25, 0.3) is 5.60 Å². The van der Waals surface area contributed by atoms with Crippen molar-refractivity contribution in [1.29, 1.82) is 0 Å². The van der Waals surface area contributed by atoms with Crippen LogP contribution in [-0.2, 0) is 19.9 Å². The van der Waals surface area contributed by atoms with Crippen molar-refractivity contribution in [2.45, 2.75) is 62.3 Å². The molecule has 2 bridgehead atoms. The van der Waals surface area contributed by atoms with Crippen LogP contribution in [0.3, 0.4) is 0 Å². The minimum atomic E-state index is -1.86. The Morgan fingerprint density at radius 2 is 1.34 bits per heavy atom. The van der Waals surface area contributed by atoms with E-state index in [1.54, 1.807) is 48.5 Å². The molecule has 3 aliphatic rings. The molecule has 1 spiro atoms. The van der Waals surface area contributed by atoms with Crippen LogP contribution in [0.5, 0.6) is 0 Å². The van der Waals surface area contributed by atoms with E-state index < -0.39 is 17.7 Å². The van der Waals surface area contributed by atoms with E-state index in [-0.39, 0.29) is 6.10 Å². The molecular formula is C26H30NO5+. The molecule has 6 heteroatoms. The molecule has 3 saturated heterocycles. The van der Waals surface area contributed by atoms with E-state index in [1.165, 1.54) is 43.3 Å². The van der Waals surface area contributed by atoms with E-state index in [2.05, 4.69) is 0 Å². The van der Waals surface area contributed by atoms with Crippen molar-refractivity contribution in [1.82, 2.24) is 0 Å². The summed E-state index contributed by atoms with van der Waals surface area (Å²) in [7, 11) is 0. The van der Waals surface area contributed by atoms with Crippen LogP contribution in [0.25, 0.3) is 0 Å². The quantitative estimate of drug-likeness (QED) is 0.553. The highest BCUT2D eigenvalue weighted by molar-refractivity contribution is 5.88. The van der Waals surface area contributed by atoms with E-state index >= 15 is 0 Å². The summed E-state index contributed by atoms with van der Waals surface area (Å²) in [5.41, 5.74) is -0.967. The van der Waals surface area contributed by atoms with Crippen LogP contribution in [0.1, 0.15) is 49.7 Å². The third-order valence-corrected chi connectivity index (χ3v) is 7.92. The monoisotopic (exact) mass is 436 g/mol. The fraction of sp³-hybridized carbons (Fsp3) is 0.462. The number of nitrogens with zero attached hydrogens (tertiary/aromatic N) is 1. The molecule has 3 aliphatic heterocycles. The van der Waals surface area contributed by atoms with Crippen LogP contribution >= 0.6 is 0 Å². The Morgan fingerprint density at radius 1 is 0.844 bits per heavy atom. The summed E-state index contributed by atoms with van der Waals surface area (Å²) < 4.78 is 12.7. The van der Waals surface area contributed by atoms with Crippen molar-refractivity contribution in [2.75, 3.05) is 13.1 Å². The van der Waals surface area contributed by atoms with Gasteiger partial charge in [0.05, 0.1) is 25.2 Å². The van der Waals surface area contributed by atoms with Crippen LogP contribution in [-0.4, -0.2) is 53.0 Å². The Bertz CT molecular complexity index is 915. The normalized spacial score (nSPS) is 26.1. The van der Waals surface area contributed by atoms with Gasteiger partial charge in [0.15, 0.2) is 0 Å². The second-order valence-corrected chi connectivity index (χ2v) is 9.42. The van der Waals surface area contributed by atoms with Crippen molar-refractivity contribution in [3.63, 3.8) is 0 Å². The predicted octanol–water partition coefficient (Wildman–Crippen LogP) is 4.47. The van der Waals surface area contributed by atoms with Crippen LogP contribution in [0.4, 0.5) is 4.79 Å². The molecule has 2 aromatic rings. The molecular weight excluding hydrogens is 406 g/mol. The van der Waals surface area contributed by atoms with Gasteiger partial charge < -0.3 is 19.1 Å². The van der Waals surface area contributed by atoms with Crippen LogP contribution in [0, 0.1) is 0 Å². The molecule has 2 atom stereocenters. The van der Waals surface area contributed by atoms with Crippen LogP contribution < -0.4 is 0 Å². The average Bonchev–Trinajstić information content (AvgIpc) is 3.35. The van der Waals surface area contributed by atoms with Crippen molar-refractivity contribution < 1.29 is 28.7 Å². The van der Waals surface area contributed by atoms with Crippen LogP contribution in [0.15, 0.2) is 60.7 Å². The molecule has 0 amide bonds. The first-order valence-electron chi connectivity index (χ1n) is 11.6. The second kappa shape index (κ2) is 8.24. The molecule has 32 heavy (non-hydrogen) atoms. The third kappa shape index (κ3) is 3.37. The smallest absolute Gasteiger partial charge is 0.458 e. The van der Waals surface area contributed by atoms with Crippen molar-refractivity contribution in [3.05, 3.63) is 71.8 Å². The summed E-state index contributed by atoms with van der Waals surface area (Å²) in [6, 6.07) is 18.7. The Balaban J connectivity index is 1.47. The molecule has 2 unspecified atom stereocenters. The Morgan fingerprint density at radius 3 is 1.81 bits per heavy atom. The van der Waals surface area contributed by atoms with Gasteiger partial charge in [-0.3, -0.25) is 0 Å². The number of rotatable bonds is 5. The van der Waals surface area contributed by atoms with Crippen molar-refractivity contribution >= 4 is 12.1 Å². The van der Waals surface area contributed by atoms with E-state index in [9.17, 15) is 14.7 Å². The van der Waals surface area contributed by atoms with Crippen molar-refractivity contribution in [2.24, 2.45) is 0 Å². The minimum absolute atomic E-state index is 0.214. The number of benzene rings is 2. The fourth-order valence-corrected chi connectivity index (χ4v) is 6.58. The number of esters is 1. The molecule has 6 nitrogen and oxygen atoms in total. The van der Waals surface area contributed by atoms with Gasteiger partial charge in [-0.1, -0.05) is 60.7 Å². The lowest BCUT2D eigenvalue weighted by Crippen LogP contribution is -2.60. The maximum Gasteiger partial charge on any atom is 0.507 e. The lowest BCUT2D eigenvalue weighted by atomic mass is 9.85. The zero-order valence-electron chi connectivity index (χ0n) is 18.2. The average molecular weight is 437 g/mol. The first-order valence-corrected chi connectivity index (χ1v) is 11.6. The van der Waals surface area contributed by atoms with Gasteiger partial charge >= 0.3 is 12.1 Å². The second-order valence-electron chi connectivity index (χ2n) is 9.42. The Kier molecular flexibility index (Phi) is 5.41. The molecule has 3 fully saturated rings. The van der Waals surface area contributed by atoms with Gasteiger partial charge in [-0.25, -0.2) is 9.59 Å². The highest BCUT2D eigenvalue weighted by Gasteiger charge is 2.57. The summed E-state index contributed by atoms with van der Waals surface area (Å²) in [5.74, 6) is -0.656. The summed E-state index contributed by atoms with van der Waals surface area (Å²) in [5, 5.41) is 9.63. The summed E-state index contributed by atoms with van der Waals surface area (Å²) >= 11 is 0. The van der Waals surface area contributed by atoms with Gasteiger partial charge in [0, 0.05) is 49.7 Å². The largest absolute Gasteiger partial charge is 0.507 e. The standard InChI is InChI=1S/C26H29NO5/c28-24(31-23-17-21-13-14-22(18-23)27(21)15-7-8-16-27)26(32-25(29)30,19-9-3-1-4-10-19)20-11-5-2-6-12-20/h1-6,9-12,21-23H,7-8,13-18H2/p+1. The number of carboxylic acid groups (broad SMARTS) is 1. The summed E-state index contributed by atoms with van der Waals surface area (Å²) in [6.45, 7) is 2.49. The maximum atomic E-state index is 13.8. The predicted molar refractivity (Wildman–Crippen MR) is 118 cm³/mol. The highest BCUT2D eigenvalue weighted by Crippen LogP contribution is 2.47. The SMILES string of the molecule is O=C(O)OC(C(=O)OC1CC2CCC(C1)[N+]21CCCC1)(c1ccccc1)c1ccccc1. The molecule has 5 rings (SSSR count). The van der Waals surface area contributed by atoms with Gasteiger partial charge in [-0.2, -0.15) is 0 Å². The van der Waals surface area contributed by atoms with E-state index in [1.807, 2.05) is 12.1 Å². The van der Waals surface area contributed by atoms with Gasteiger partial charge in [-0.05, 0) is 0 Å². The first kappa shape index (κ1) is 21.0. The van der Waals surface area contributed by atoms with E-state index in [4.69, 9.17) is 9.47 Å². The lowest BCUT2D eigenvalue weighted by molar-refractivity contribution is -0.956. The Hall–Kier alpha value is -2.86. The molecule has 0 aromatic heterocycles.